The molecule has 8 heteroatoms. The summed E-state index contributed by atoms with van der Waals surface area (Å²) in [5.41, 5.74) is 0.368. The van der Waals surface area contributed by atoms with E-state index in [0.717, 1.165) is 12.3 Å². The average Bonchev–Trinajstić information content (AvgIpc) is 3.06. The minimum Gasteiger partial charge on any atom is -0.448 e. The fourth-order valence-electron chi connectivity index (χ4n) is 2.17. The van der Waals surface area contributed by atoms with Gasteiger partial charge in [0.2, 0.25) is 0 Å². The van der Waals surface area contributed by atoms with Crippen molar-refractivity contribution in [2.24, 2.45) is 0 Å². The molecule has 1 atom stereocenters. The Bertz CT molecular complexity index is 741. The number of nitrogens with zero attached hydrogens (tertiary/aromatic N) is 2. The maximum atomic E-state index is 12.5. The largest absolute Gasteiger partial charge is 0.448 e. The van der Waals surface area contributed by atoms with Crippen LogP contribution in [-0.2, 0) is 9.53 Å². The van der Waals surface area contributed by atoms with Crippen LogP contribution in [0.2, 0.25) is 0 Å². The Balaban J connectivity index is 2.07. The van der Waals surface area contributed by atoms with Crippen molar-refractivity contribution in [1.82, 2.24) is 4.98 Å². The molecule has 0 saturated carbocycles. The van der Waals surface area contributed by atoms with E-state index in [4.69, 9.17) is 4.74 Å². The van der Waals surface area contributed by atoms with E-state index in [2.05, 4.69) is 4.98 Å². The topological polar surface area (TPSA) is 106 Å². The highest BCUT2D eigenvalue weighted by atomic mass is 16.6. The van der Waals surface area contributed by atoms with Gasteiger partial charge in [0.15, 0.2) is 6.10 Å². The highest BCUT2D eigenvalue weighted by molar-refractivity contribution is 5.98. The Morgan fingerprint density at radius 3 is 2.54 bits per heavy atom. The molecular weight excluding hydrogens is 314 g/mol. The highest BCUT2D eigenvalue weighted by Gasteiger charge is 2.25. The Morgan fingerprint density at radius 2 is 2.00 bits per heavy atom. The molecule has 126 valence electrons. The quantitative estimate of drug-likeness (QED) is 0.497. The molecule has 1 heterocycles. The molecular formula is C16H17N3O5. The van der Waals surface area contributed by atoms with Gasteiger partial charge in [-0.05, 0) is 26.0 Å². The van der Waals surface area contributed by atoms with Gasteiger partial charge in [-0.25, -0.2) is 4.79 Å². The van der Waals surface area contributed by atoms with Crippen molar-refractivity contribution in [3.05, 3.63) is 58.4 Å². The molecule has 1 aromatic heterocycles. The predicted octanol–water partition coefficient (Wildman–Crippen LogP) is 2.52. The lowest BCUT2D eigenvalue weighted by molar-refractivity contribution is -0.384. The number of rotatable bonds is 6. The molecule has 0 spiro atoms. The first kappa shape index (κ1) is 17.2. The average molecular weight is 331 g/mol. The van der Waals surface area contributed by atoms with Gasteiger partial charge in [0.05, 0.1) is 11.1 Å². The standard InChI is InChI=1S/C16H17N3O5/c1-3-18(12-7-5-4-6-8-12)15(20)11(2)24-16(21)14-9-13(10-17-14)19(22)23/h4-11,17H,3H2,1-2H3/t11-/m0/s1. The molecule has 0 radical (unpaired) electrons. The first-order valence-corrected chi connectivity index (χ1v) is 7.34. The van der Waals surface area contributed by atoms with Gasteiger partial charge in [0.25, 0.3) is 11.6 Å². The number of likely N-dealkylation sites (N-methyl/N-ethyl adjacent to an activating group) is 1. The lowest BCUT2D eigenvalue weighted by Gasteiger charge is -2.24. The zero-order chi connectivity index (χ0) is 17.7. The first-order valence-electron chi connectivity index (χ1n) is 7.34. The molecule has 0 saturated heterocycles. The van der Waals surface area contributed by atoms with Crippen molar-refractivity contribution in [1.29, 1.82) is 0 Å². The second-order valence-corrected chi connectivity index (χ2v) is 4.99. The van der Waals surface area contributed by atoms with Gasteiger partial charge in [0, 0.05) is 18.3 Å². The lowest BCUT2D eigenvalue weighted by atomic mass is 10.2. The Morgan fingerprint density at radius 1 is 1.33 bits per heavy atom. The molecule has 0 aliphatic carbocycles. The van der Waals surface area contributed by atoms with Crippen molar-refractivity contribution in [2.75, 3.05) is 11.4 Å². The summed E-state index contributed by atoms with van der Waals surface area (Å²) < 4.78 is 5.11. The fourth-order valence-corrected chi connectivity index (χ4v) is 2.17. The van der Waals surface area contributed by atoms with Crippen LogP contribution in [-0.4, -0.2) is 34.4 Å². The van der Waals surface area contributed by atoms with Gasteiger partial charge in [-0.1, -0.05) is 18.2 Å². The van der Waals surface area contributed by atoms with Crippen molar-refractivity contribution in [3.63, 3.8) is 0 Å². The maximum absolute atomic E-state index is 12.5. The van der Waals surface area contributed by atoms with E-state index < -0.39 is 17.0 Å². The number of esters is 1. The van der Waals surface area contributed by atoms with E-state index in [9.17, 15) is 19.7 Å². The molecule has 2 aromatic rings. The summed E-state index contributed by atoms with van der Waals surface area (Å²) in [6.07, 6.45) is 0.0609. The van der Waals surface area contributed by atoms with Crippen LogP contribution in [0.25, 0.3) is 0 Å². The van der Waals surface area contributed by atoms with Gasteiger partial charge in [-0.15, -0.1) is 0 Å². The minimum atomic E-state index is -1.03. The van der Waals surface area contributed by atoms with Gasteiger partial charge in [-0.3, -0.25) is 14.9 Å². The molecule has 0 fully saturated rings. The molecule has 1 aromatic carbocycles. The molecule has 1 N–H and O–H groups in total. The summed E-state index contributed by atoms with van der Waals surface area (Å²) in [6, 6.07) is 10.1. The van der Waals surface area contributed by atoms with Crippen molar-refractivity contribution in [3.8, 4) is 0 Å². The molecule has 1 amide bonds. The smallest absolute Gasteiger partial charge is 0.355 e. The number of para-hydroxylation sites is 1. The molecule has 0 unspecified atom stereocenters. The third-order valence-corrected chi connectivity index (χ3v) is 3.38. The summed E-state index contributed by atoms with van der Waals surface area (Å²) >= 11 is 0. The Labute approximate surface area is 138 Å². The van der Waals surface area contributed by atoms with Crippen LogP contribution in [0, 0.1) is 10.1 Å². The van der Waals surface area contributed by atoms with Gasteiger partial charge in [-0.2, -0.15) is 0 Å². The molecule has 0 bridgehead atoms. The zero-order valence-corrected chi connectivity index (χ0v) is 13.3. The van der Waals surface area contributed by atoms with E-state index in [1.54, 1.807) is 24.3 Å². The number of nitro groups is 1. The molecule has 0 aliphatic heterocycles. The number of nitrogens with one attached hydrogen (secondary N) is 1. The number of carbonyl (C=O) groups excluding carboxylic acids is 2. The molecule has 0 aliphatic rings. The number of H-pyrrole nitrogens is 1. The third kappa shape index (κ3) is 3.78. The van der Waals surface area contributed by atoms with E-state index >= 15 is 0 Å². The number of carbonyl (C=O) groups is 2. The fraction of sp³-hybridized carbons (Fsp3) is 0.250. The number of aromatic amines is 1. The number of ether oxygens (including phenoxy) is 1. The second-order valence-electron chi connectivity index (χ2n) is 4.99. The Hall–Kier alpha value is -3.16. The summed E-state index contributed by atoms with van der Waals surface area (Å²) in [4.78, 5) is 38.4. The Kier molecular flexibility index (Phi) is 5.31. The molecule has 2 rings (SSSR count). The number of hydrogen-bond donors (Lipinski definition) is 1. The van der Waals surface area contributed by atoms with Crippen LogP contribution >= 0.6 is 0 Å². The van der Waals surface area contributed by atoms with Gasteiger partial charge >= 0.3 is 5.97 Å². The zero-order valence-electron chi connectivity index (χ0n) is 13.3. The van der Waals surface area contributed by atoms with Crippen LogP contribution in [0.5, 0.6) is 0 Å². The highest BCUT2D eigenvalue weighted by Crippen LogP contribution is 2.17. The van der Waals surface area contributed by atoms with Crippen molar-refractivity contribution >= 4 is 23.3 Å². The first-order chi connectivity index (χ1) is 11.4. The van der Waals surface area contributed by atoms with E-state index in [-0.39, 0.29) is 17.3 Å². The summed E-state index contributed by atoms with van der Waals surface area (Å²) in [7, 11) is 0. The van der Waals surface area contributed by atoms with Gasteiger partial charge in [0.1, 0.15) is 5.69 Å². The van der Waals surface area contributed by atoms with Crippen molar-refractivity contribution < 1.29 is 19.2 Å². The molecule has 8 nitrogen and oxygen atoms in total. The third-order valence-electron chi connectivity index (χ3n) is 3.38. The second kappa shape index (κ2) is 7.40. The van der Waals surface area contributed by atoms with Crippen LogP contribution in [0.15, 0.2) is 42.6 Å². The normalized spacial score (nSPS) is 11.6. The number of benzene rings is 1. The number of aromatic nitrogens is 1. The summed E-state index contributed by atoms with van der Waals surface area (Å²) in [5, 5.41) is 10.6. The maximum Gasteiger partial charge on any atom is 0.355 e. The van der Waals surface area contributed by atoms with Crippen LogP contribution in [0.4, 0.5) is 11.4 Å². The SMILES string of the molecule is CCN(C(=O)[C@H](C)OC(=O)c1cc([N+](=O)[O-])c[nH]1)c1ccccc1. The van der Waals surface area contributed by atoms with Crippen LogP contribution in [0.1, 0.15) is 24.3 Å². The minimum absolute atomic E-state index is 0.0795. The summed E-state index contributed by atoms with van der Waals surface area (Å²) in [6.45, 7) is 3.69. The number of anilines is 1. The van der Waals surface area contributed by atoms with Crippen LogP contribution in [0.3, 0.4) is 0 Å². The molecule has 24 heavy (non-hydrogen) atoms. The predicted molar refractivity (Wildman–Crippen MR) is 86.8 cm³/mol. The monoisotopic (exact) mass is 331 g/mol. The number of amides is 1. The number of hydrogen-bond acceptors (Lipinski definition) is 5. The van der Waals surface area contributed by atoms with E-state index in [1.165, 1.54) is 11.8 Å². The van der Waals surface area contributed by atoms with E-state index in [0.29, 0.717) is 12.2 Å². The van der Waals surface area contributed by atoms with Gasteiger partial charge < -0.3 is 14.6 Å². The summed E-state index contributed by atoms with van der Waals surface area (Å²) in [5.74, 6) is -1.20. The van der Waals surface area contributed by atoms with Crippen LogP contribution < -0.4 is 4.90 Å². The lowest BCUT2D eigenvalue weighted by Crippen LogP contribution is -2.40. The van der Waals surface area contributed by atoms with E-state index in [1.807, 2.05) is 13.0 Å². The van der Waals surface area contributed by atoms with Crippen molar-refractivity contribution in [2.45, 2.75) is 20.0 Å².